The summed E-state index contributed by atoms with van der Waals surface area (Å²) in [5, 5.41) is 20.9. The number of fused-ring (bicyclic) bond motifs is 4. The molecule has 1 saturated carbocycles. The van der Waals surface area contributed by atoms with Crippen molar-refractivity contribution in [2.24, 2.45) is 17.8 Å². The van der Waals surface area contributed by atoms with Crippen molar-refractivity contribution in [1.82, 2.24) is 4.90 Å². The maximum absolute atomic E-state index is 15.2. The van der Waals surface area contributed by atoms with E-state index >= 15 is 8.78 Å². The third-order valence-corrected chi connectivity index (χ3v) is 11.9. The van der Waals surface area contributed by atoms with E-state index in [1.54, 1.807) is 18.2 Å². The van der Waals surface area contributed by atoms with Gasteiger partial charge in [-0.25, -0.2) is 26.9 Å². The van der Waals surface area contributed by atoms with E-state index in [9.17, 15) is 42.6 Å². The fraction of sp³-hybridized carbons (Fsp3) is 0.314. The van der Waals surface area contributed by atoms with Gasteiger partial charge in [0.2, 0.25) is 17.6 Å². The summed E-state index contributed by atoms with van der Waals surface area (Å²) >= 11 is 14.2. The van der Waals surface area contributed by atoms with Gasteiger partial charge in [-0.2, -0.15) is 0 Å². The van der Waals surface area contributed by atoms with Crippen molar-refractivity contribution in [2.75, 3.05) is 11.4 Å². The van der Waals surface area contributed by atoms with Gasteiger partial charge in [-0.3, -0.25) is 24.1 Å². The molecule has 0 aromatic heterocycles. The zero-order valence-electron chi connectivity index (χ0n) is 25.8. The largest absolute Gasteiger partial charge is 0.508 e. The molecular formula is C35H25Cl2F5N2O6. The molecule has 0 radical (unpaired) electrons. The smallest absolute Gasteiger partial charge is 0.258 e. The van der Waals surface area contributed by atoms with Gasteiger partial charge in [0.05, 0.1) is 11.8 Å². The van der Waals surface area contributed by atoms with Crippen LogP contribution >= 0.6 is 23.2 Å². The van der Waals surface area contributed by atoms with Crippen LogP contribution in [0.5, 0.6) is 11.5 Å². The molecule has 3 aromatic rings. The second-order valence-electron chi connectivity index (χ2n) is 13.0. The molecule has 8 nitrogen and oxygen atoms in total. The van der Waals surface area contributed by atoms with Gasteiger partial charge in [-0.05, 0) is 55.4 Å². The third kappa shape index (κ3) is 4.41. The van der Waals surface area contributed by atoms with Crippen molar-refractivity contribution in [3.05, 3.63) is 99.9 Å². The molecule has 0 bridgehead atoms. The molecule has 2 saturated heterocycles. The van der Waals surface area contributed by atoms with E-state index in [1.165, 1.54) is 37.3 Å². The second-order valence-corrected chi connectivity index (χ2v) is 14.2. The molecule has 4 aliphatic rings. The number of aryl methyl sites for hydroxylation is 1. The van der Waals surface area contributed by atoms with Gasteiger partial charge >= 0.3 is 0 Å². The number of anilines is 1. The molecule has 3 aromatic carbocycles. The van der Waals surface area contributed by atoms with Crippen LogP contribution in [0, 0.1) is 53.8 Å². The number of imide groups is 2. The first kappa shape index (κ1) is 34.0. The molecule has 4 amide bonds. The first-order chi connectivity index (χ1) is 23.6. The van der Waals surface area contributed by atoms with Crippen LogP contribution < -0.4 is 4.90 Å². The summed E-state index contributed by atoms with van der Waals surface area (Å²) in [5.41, 5.74) is -0.679. The number of rotatable bonds is 5. The predicted octanol–water partition coefficient (Wildman–Crippen LogP) is 5.91. The molecule has 6 unspecified atom stereocenters. The molecule has 50 heavy (non-hydrogen) atoms. The highest BCUT2D eigenvalue weighted by molar-refractivity contribution is 6.58. The van der Waals surface area contributed by atoms with Gasteiger partial charge in [0, 0.05) is 18.0 Å². The Morgan fingerprint density at radius 3 is 2.08 bits per heavy atom. The Morgan fingerprint density at radius 2 is 1.44 bits per heavy atom. The Morgan fingerprint density at radius 1 is 0.820 bits per heavy atom. The number of hydrogen-bond acceptors (Lipinski definition) is 6. The van der Waals surface area contributed by atoms with Crippen LogP contribution in [0.3, 0.4) is 0 Å². The number of para-hydroxylation sites is 1. The molecule has 2 heterocycles. The van der Waals surface area contributed by atoms with Crippen LogP contribution in [0.25, 0.3) is 0 Å². The van der Waals surface area contributed by atoms with E-state index < -0.39 is 98.2 Å². The molecule has 15 heteroatoms. The van der Waals surface area contributed by atoms with Gasteiger partial charge in [0.1, 0.15) is 17.2 Å². The van der Waals surface area contributed by atoms with Crippen LogP contribution in [0.15, 0.2) is 54.1 Å². The van der Waals surface area contributed by atoms with Crippen LogP contribution in [0.4, 0.5) is 27.6 Å². The number of allylic oxidation sites excluding steroid dienone is 2. The fourth-order valence-electron chi connectivity index (χ4n) is 8.02. The Hall–Kier alpha value is -4.49. The molecule has 2 aliphatic carbocycles. The highest BCUT2D eigenvalue weighted by atomic mass is 35.5. The number of halogens is 7. The summed E-state index contributed by atoms with van der Waals surface area (Å²) < 4.78 is 73.2. The highest BCUT2D eigenvalue weighted by Gasteiger charge is 2.77. The van der Waals surface area contributed by atoms with Gasteiger partial charge in [-0.1, -0.05) is 42.0 Å². The monoisotopic (exact) mass is 734 g/mol. The summed E-state index contributed by atoms with van der Waals surface area (Å²) in [7, 11) is 0. The van der Waals surface area contributed by atoms with E-state index in [-0.39, 0.29) is 46.9 Å². The van der Waals surface area contributed by atoms with Crippen molar-refractivity contribution in [2.45, 2.75) is 41.9 Å². The van der Waals surface area contributed by atoms with Gasteiger partial charge < -0.3 is 10.2 Å². The lowest BCUT2D eigenvalue weighted by Gasteiger charge is -2.50. The third-order valence-electron chi connectivity index (χ3n) is 10.5. The van der Waals surface area contributed by atoms with Crippen LogP contribution in [-0.4, -0.2) is 55.0 Å². The molecule has 6 atom stereocenters. The van der Waals surface area contributed by atoms with Gasteiger partial charge in [-0.15, -0.1) is 23.2 Å². The first-order valence-corrected chi connectivity index (χ1v) is 16.2. The van der Waals surface area contributed by atoms with Crippen molar-refractivity contribution in [1.29, 1.82) is 0 Å². The number of alkyl halides is 2. The summed E-state index contributed by atoms with van der Waals surface area (Å²) in [4.78, 5) is 51.7. The van der Waals surface area contributed by atoms with E-state index in [0.29, 0.717) is 5.56 Å². The Kier molecular flexibility index (Phi) is 7.83. The van der Waals surface area contributed by atoms with E-state index in [2.05, 4.69) is 0 Å². The summed E-state index contributed by atoms with van der Waals surface area (Å²) in [6.45, 7) is 1.49. The number of hydrogen-bond donors (Lipinski definition) is 2. The molecule has 7 rings (SSSR count). The molecular weight excluding hydrogens is 710 g/mol. The lowest BCUT2D eigenvalue weighted by molar-refractivity contribution is -0.140. The number of phenolic OH excluding ortho intramolecular Hbond substituents is 2. The first-order valence-electron chi connectivity index (χ1n) is 15.5. The number of nitrogens with zero attached hydrogens (tertiary/aromatic N) is 2. The van der Waals surface area contributed by atoms with Crippen LogP contribution in [-0.2, 0) is 25.6 Å². The van der Waals surface area contributed by atoms with Crippen molar-refractivity contribution in [3.8, 4) is 11.5 Å². The maximum Gasteiger partial charge on any atom is 0.258 e. The lowest BCUT2D eigenvalue weighted by Crippen LogP contribution is -2.60. The Bertz CT molecular complexity index is 2050. The number of carbonyl (C=O) groups is 4. The highest BCUT2D eigenvalue weighted by Crippen LogP contribution is 2.66. The van der Waals surface area contributed by atoms with Crippen molar-refractivity contribution >= 4 is 52.5 Å². The number of amides is 4. The van der Waals surface area contributed by atoms with E-state index in [0.717, 1.165) is 10.5 Å². The summed E-state index contributed by atoms with van der Waals surface area (Å²) in [5.74, 6) is -21.7. The lowest BCUT2D eigenvalue weighted by atomic mass is 9.56. The van der Waals surface area contributed by atoms with Crippen molar-refractivity contribution < 1.29 is 51.3 Å². The van der Waals surface area contributed by atoms with Crippen LogP contribution in [0.1, 0.15) is 35.4 Å². The second kappa shape index (κ2) is 11.5. The molecule has 2 N–H and O–H groups in total. The average Bonchev–Trinajstić information content (AvgIpc) is 3.42. The number of phenols is 2. The molecule has 0 spiro atoms. The Labute approximate surface area is 290 Å². The molecule has 2 aliphatic heterocycles. The van der Waals surface area contributed by atoms with Gasteiger partial charge in [0.15, 0.2) is 33.0 Å². The minimum Gasteiger partial charge on any atom is -0.508 e. The topological polar surface area (TPSA) is 115 Å². The molecule has 260 valence electrons. The van der Waals surface area contributed by atoms with E-state index in [4.69, 9.17) is 23.2 Å². The maximum atomic E-state index is 15.2. The number of benzene rings is 3. The quantitative estimate of drug-likeness (QED) is 0.0842. The predicted molar refractivity (Wildman–Crippen MR) is 168 cm³/mol. The number of aromatic hydroxyl groups is 2. The minimum atomic E-state index is -2.73. The fourth-order valence-corrected chi connectivity index (χ4v) is 8.94. The Balaban J connectivity index is 1.37. The number of likely N-dealkylation sites (tertiary alicyclic amines) is 1. The minimum absolute atomic E-state index is 0.0222. The SMILES string of the molecule is Cc1cccc(C2C3=CCC4C(=O)N(CCc5ccc(O)cc5)C(=O)C4C3CC3(Cl)C(=O)N(c4c(F)c(F)c(F)c(F)c4F)C(=O)C23Cl)c1O. The summed E-state index contributed by atoms with van der Waals surface area (Å²) in [6.07, 6.45) is 1.14. The average molecular weight is 735 g/mol. The zero-order chi connectivity index (χ0) is 36.2. The molecule has 3 fully saturated rings. The normalized spacial score (nSPS) is 28.9. The number of carbonyl (C=O) groups excluding carboxylic acids is 4. The standard InChI is InChI=1S/C35H25Cl2F5N2O6/c1-14-3-2-4-19(29(14)46)22-17-9-10-18-21(31(48)43(30(18)47)12-11-15-5-7-16(45)8-6-15)20(17)13-34(36)32(49)44(33(50)35(22,34)37)28-26(41)24(39)23(38)25(40)27(28)42/h2-9,18,20-22,45-46H,10-13H2,1H3. The van der Waals surface area contributed by atoms with Crippen molar-refractivity contribution in [3.63, 3.8) is 0 Å². The zero-order valence-corrected chi connectivity index (χ0v) is 27.3. The van der Waals surface area contributed by atoms with E-state index in [1.807, 2.05) is 0 Å². The van der Waals surface area contributed by atoms with Gasteiger partial charge in [0.25, 0.3) is 11.8 Å². The van der Waals surface area contributed by atoms with Crippen LogP contribution in [0.2, 0.25) is 0 Å². The summed E-state index contributed by atoms with van der Waals surface area (Å²) in [6, 6.07) is 10.6.